The summed E-state index contributed by atoms with van der Waals surface area (Å²) in [5.74, 6) is 0. The van der Waals surface area contributed by atoms with Crippen molar-refractivity contribution in [3.8, 4) is 44.5 Å². The van der Waals surface area contributed by atoms with E-state index in [0.717, 1.165) is 0 Å². The molecular weight excluding hydrogens is 1010 g/mol. The Morgan fingerprint density at radius 2 is 0.762 bits per heavy atom. The van der Waals surface area contributed by atoms with Crippen LogP contribution in [0.25, 0.3) is 120 Å². The number of hydrogen-bond donors (Lipinski definition) is 0. The molecular formula is C83H61N. The Hall–Kier alpha value is -10.1. The van der Waals surface area contributed by atoms with Gasteiger partial charge in [0, 0.05) is 27.6 Å². The van der Waals surface area contributed by atoms with Crippen molar-refractivity contribution in [2.75, 3.05) is 4.90 Å². The van der Waals surface area contributed by atoms with Crippen molar-refractivity contribution >= 4 is 92.5 Å². The third-order valence-electron chi connectivity index (χ3n) is 18.9. The molecule has 2 aliphatic carbocycles. The predicted molar refractivity (Wildman–Crippen MR) is 361 cm³/mol. The zero-order valence-electron chi connectivity index (χ0n) is 48.0. The molecule has 1 heteroatoms. The summed E-state index contributed by atoms with van der Waals surface area (Å²) in [6.45, 7) is 11.8. The minimum absolute atomic E-state index is 0.0289. The van der Waals surface area contributed by atoms with Gasteiger partial charge in [0.05, 0.1) is 5.69 Å². The normalized spacial score (nSPS) is 13.5. The van der Waals surface area contributed by atoms with Crippen LogP contribution in [0.4, 0.5) is 17.1 Å². The number of hydrogen-bond acceptors (Lipinski definition) is 1. The first-order valence-corrected chi connectivity index (χ1v) is 29.6. The number of anilines is 3. The van der Waals surface area contributed by atoms with Crippen molar-refractivity contribution in [3.63, 3.8) is 0 Å². The van der Waals surface area contributed by atoms with Crippen molar-refractivity contribution in [1.29, 1.82) is 0 Å². The molecule has 84 heavy (non-hydrogen) atoms. The predicted octanol–water partition coefficient (Wildman–Crippen LogP) is 23.2. The van der Waals surface area contributed by atoms with E-state index >= 15 is 0 Å². The lowest BCUT2D eigenvalue weighted by Gasteiger charge is -2.30. The van der Waals surface area contributed by atoms with E-state index in [-0.39, 0.29) is 10.8 Å². The fourth-order valence-electron chi connectivity index (χ4n) is 14.8. The van der Waals surface area contributed by atoms with Crippen molar-refractivity contribution < 1.29 is 0 Å². The number of nitrogens with zero attached hydrogens (tertiary/aromatic N) is 1. The van der Waals surface area contributed by atoms with E-state index < -0.39 is 0 Å². The van der Waals surface area contributed by atoms with E-state index in [1.54, 1.807) is 0 Å². The molecule has 0 N–H and O–H groups in total. The van der Waals surface area contributed by atoms with Gasteiger partial charge in [-0.25, -0.2) is 0 Å². The molecule has 0 amide bonds. The van der Waals surface area contributed by atoms with Crippen molar-refractivity contribution in [2.24, 2.45) is 0 Å². The standard InChI is InChI=1S/C42H26.C41H35N/c1-2-11-28-25-32(21-20-27(28)10-1)41-36-14-5-7-16-38(36)42(39-17-8-6-15-37(39)41)35-19-9-18-33-34(35)23-22-31-24-29-12-3-4-13-30(29)26-40(31)33;1-26-14-13-17-28(22-26)42(27-15-7-6-8-16-27)38-25-37-39(31-20-10-9-19-30(31)38)33-24-35-32(23-36(33)41(37,4)5)29-18-11-12-21-34(29)40(35,2)3/h1-26H;6-25H,1-5H3. The van der Waals surface area contributed by atoms with E-state index in [4.69, 9.17) is 0 Å². The summed E-state index contributed by atoms with van der Waals surface area (Å²) >= 11 is 0. The summed E-state index contributed by atoms with van der Waals surface area (Å²) in [7, 11) is 0. The largest absolute Gasteiger partial charge is 0.310 e. The van der Waals surface area contributed by atoms with Gasteiger partial charge >= 0.3 is 0 Å². The lowest BCUT2D eigenvalue weighted by Crippen LogP contribution is -2.18. The number of para-hydroxylation sites is 1. The Bertz CT molecular complexity index is 5160. The van der Waals surface area contributed by atoms with Crippen molar-refractivity contribution in [3.05, 3.63) is 307 Å². The highest BCUT2D eigenvalue weighted by Gasteiger charge is 2.43. The molecule has 0 saturated heterocycles. The maximum absolute atomic E-state index is 2.53. The maximum Gasteiger partial charge on any atom is 0.0543 e. The zero-order chi connectivity index (χ0) is 56.4. The molecule has 15 aromatic rings. The van der Waals surface area contributed by atoms with Gasteiger partial charge in [0.25, 0.3) is 0 Å². The van der Waals surface area contributed by atoms with Crippen LogP contribution in [0.5, 0.6) is 0 Å². The first-order chi connectivity index (χ1) is 41.1. The number of rotatable bonds is 5. The van der Waals surface area contributed by atoms with Crippen LogP contribution in [0.15, 0.2) is 279 Å². The van der Waals surface area contributed by atoms with Crippen LogP contribution in [-0.2, 0) is 10.8 Å². The second kappa shape index (κ2) is 19.0. The van der Waals surface area contributed by atoms with Crippen LogP contribution in [0.1, 0.15) is 55.5 Å². The molecule has 0 spiro atoms. The summed E-state index contributed by atoms with van der Waals surface area (Å²) in [6.07, 6.45) is 0. The van der Waals surface area contributed by atoms with Gasteiger partial charge in [-0.1, -0.05) is 246 Å². The Morgan fingerprint density at radius 1 is 0.250 bits per heavy atom. The van der Waals surface area contributed by atoms with Gasteiger partial charge in [-0.05, 0) is 210 Å². The lowest BCUT2D eigenvalue weighted by molar-refractivity contribution is 0.652. The van der Waals surface area contributed by atoms with Gasteiger partial charge in [-0.15, -0.1) is 0 Å². The van der Waals surface area contributed by atoms with E-state index in [9.17, 15) is 0 Å². The van der Waals surface area contributed by atoms with E-state index in [1.807, 2.05) is 0 Å². The minimum Gasteiger partial charge on any atom is -0.310 e. The molecule has 0 unspecified atom stereocenters. The smallest absolute Gasteiger partial charge is 0.0543 e. The highest BCUT2D eigenvalue weighted by molar-refractivity contribution is 6.25. The lowest BCUT2D eigenvalue weighted by atomic mass is 9.79. The average Bonchev–Trinajstić information content (AvgIpc) is 1.73. The first kappa shape index (κ1) is 49.7. The summed E-state index contributed by atoms with van der Waals surface area (Å²) < 4.78 is 0. The molecule has 2 aliphatic rings. The van der Waals surface area contributed by atoms with Gasteiger partial charge < -0.3 is 4.90 Å². The topological polar surface area (TPSA) is 3.24 Å². The monoisotopic (exact) mass is 1070 g/mol. The molecule has 17 rings (SSSR count). The first-order valence-electron chi connectivity index (χ1n) is 29.6. The van der Waals surface area contributed by atoms with Gasteiger partial charge in [0.15, 0.2) is 0 Å². The van der Waals surface area contributed by atoms with Crippen LogP contribution in [-0.4, -0.2) is 0 Å². The number of aryl methyl sites for hydroxylation is 1. The fraction of sp³-hybridized carbons (Fsp3) is 0.0843. The van der Waals surface area contributed by atoms with Crippen molar-refractivity contribution in [1.82, 2.24) is 0 Å². The molecule has 0 aromatic heterocycles. The molecule has 0 bridgehead atoms. The number of fused-ring (bicyclic) bond motifs is 15. The van der Waals surface area contributed by atoms with Gasteiger partial charge in [0.2, 0.25) is 0 Å². The maximum atomic E-state index is 2.53. The van der Waals surface area contributed by atoms with Crippen LogP contribution >= 0.6 is 0 Å². The second-order valence-corrected chi connectivity index (χ2v) is 24.4. The highest BCUT2D eigenvalue weighted by atomic mass is 15.1. The molecule has 398 valence electrons. The molecule has 15 aromatic carbocycles. The van der Waals surface area contributed by atoms with Crippen LogP contribution < -0.4 is 4.90 Å². The van der Waals surface area contributed by atoms with Crippen LogP contribution in [0.2, 0.25) is 0 Å². The van der Waals surface area contributed by atoms with Crippen LogP contribution in [0.3, 0.4) is 0 Å². The summed E-state index contributed by atoms with van der Waals surface area (Å²) in [6, 6.07) is 103. The molecule has 0 radical (unpaired) electrons. The minimum atomic E-state index is -0.144. The van der Waals surface area contributed by atoms with Gasteiger partial charge in [0.1, 0.15) is 0 Å². The molecule has 1 nitrogen and oxygen atoms in total. The van der Waals surface area contributed by atoms with Gasteiger partial charge in [-0.3, -0.25) is 0 Å². The third kappa shape index (κ3) is 7.62. The fourth-order valence-corrected chi connectivity index (χ4v) is 14.8. The van der Waals surface area contributed by atoms with Crippen LogP contribution in [0, 0.1) is 6.92 Å². The quantitative estimate of drug-likeness (QED) is 0.123. The van der Waals surface area contributed by atoms with Gasteiger partial charge in [-0.2, -0.15) is 0 Å². The third-order valence-corrected chi connectivity index (χ3v) is 18.9. The van der Waals surface area contributed by atoms with E-state index in [2.05, 4.69) is 319 Å². The van der Waals surface area contributed by atoms with Crippen molar-refractivity contribution in [2.45, 2.75) is 45.4 Å². The molecule has 0 aliphatic heterocycles. The molecule has 0 heterocycles. The Labute approximate surface area is 491 Å². The second-order valence-electron chi connectivity index (χ2n) is 24.4. The molecule has 0 saturated carbocycles. The summed E-state index contributed by atoms with van der Waals surface area (Å²) in [5, 5.41) is 18.0. The van der Waals surface area contributed by atoms with E-state index in [1.165, 1.54) is 165 Å². The zero-order valence-corrected chi connectivity index (χ0v) is 48.0. The Morgan fingerprint density at radius 3 is 1.48 bits per heavy atom. The molecule has 0 fully saturated rings. The Kier molecular flexibility index (Phi) is 11.2. The SMILES string of the molecule is Cc1cccc(N(c2ccccc2)c2cc3c(c4ccccc24)-c2cc4c(cc2C3(C)C)-c2ccccc2C4(C)C)c1.c1ccc2cc(-c3c4ccccc4c(-c4cccc5c4ccc4cc6ccccc6cc45)c4ccccc34)ccc2c1. The molecule has 0 atom stereocenters. The highest BCUT2D eigenvalue weighted by Crippen LogP contribution is 2.59. The summed E-state index contributed by atoms with van der Waals surface area (Å²) in [4.78, 5) is 2.44. The average molecular weight is 1070 g/mol. The number of benzene rings is 15. The Balaban J connectivity index is 0.000000137. The van der Waals surface area contributed by atoms with E-state index in [0.29, 0.717) is 0 Å². The summed E-state index contributed by atoms with van der Waals surface area (Å²) in [5.41, 5.74) is 21.0.